The summed E-state index contributed by atoms with van der Waals surface area (Å²) in [7, 11) is 0. The van der Waals surface area contributed by atoms with Crippen LogP contribution in [0.4, 0.5) is 0 Å². The number of carbonyl (C=O) groups is 1. The van der Waals surface area contributed by atoms with Gasteiger partial charge in [-0.15, -0.1) is 11.3 Å². The van der Waals surface area contributed by atoms with Crippen molar-refractivity contribution in [2.45, 2.75) is 26.4 Å². The summed E-state index contributed by atoms with van der Waals surface area (Å²) in [6.07, 6.45) is 1.43. The van der Waals surface area contributed by atoms with Crippen LogP contribution in [0.2, 0.25) is 0 Å². The Kier molecular flexibility index (Phi) is 5.22. The molecule has 0 saturated carbocycles. The molecule has 1 amide bonds. The number of nitrogens with zero attached hydrogens (tertiary/aromatic N) is 3. The van der Waals surface area contributed by atoms with Gasteiger partial charge in [0.15, 0.2) is 0 Å². The van der Waals surface area contributed by atoms with Crippen LogP contribution in [0.25, 0.3) is 21.5 Å². The van der Waals surface area contributed by atoms with E-state index in [9.17, 15) is 9.59 Å². The number of fused-ring (bicyclic) bond motifs is 1. The van der Waals surface area contributed by atoms with Crippen molar-refractivity contribution in [1.82, 2.24) is 19.9 Å². The zero-order chi connectivity index (χ0) is 20.4. The predicted molar refractivity (Wildman–Crippen MR) is 115 cm³/mol. The maximum Gasteiger partial charge on any atom is 0.261 e. The van der Waals surface area contributed by atoms with Gasteiger partial charge in [-0.25, -0.2) is 9.97 Å². The minimum Gasteiger partial charge on any atom is -0.350 e. The molecule has 0 radical (unpaired) electrons. The Balaban J connectivity index is 1.49. The maximum atomic E-state index is 12.7. The third kappa shape index (κ3) is 3.95. The van der Waals surface area contributed by atoms with E-state index in [1.165, 1.54) is 10.9 Å². The first-order chi connectivity index (χ1) is 14.0. The highest BCUT2D eigenvalue weighted by Crippen LogP contribution is 2.24. The number of hydrogen-bond donors (Lipinski definition) is 1. The highest BCUT2D eigenvalue weighted by Gasteiger charge is 2.17. The van der Waals surface area contributed by atoms with Gasteiger partial charge in [-0.1, -0.05) is 30.3 Å². The fourth-order valence-electron chi connectivity index (χ4n) is 3.12. The zero-order valence-corrected chi connectivity index (χ0v) is 16.9. The van der Waals surface area contributed by atoms with Crippen LogP contribution in [0.5, 0.6) is 0 Å². The Labute approximate surface area is 171 Å². The summed E-state index contributed by atoms with van der Waals surface area (Å²) in [5.41, 5.74) is 3.39. The molecule has 146 valence electrons. The van der Waals surface area contributed by atoms with Crippen LogP contribution in [0.3, 0.4) is 0 Å². The zero-order valence-electron chi connectivity index (χ0n) is 16.1. The van der Waals surface area contributed by atoms with E-state index in [0.29, 0.717) is 17.4 Å². The van der Waals surface area contributed by atoms with Crippen molar-refractivity contribution in [2.24, 2.45) is 0 Å². The van der Waals surface area contributed by atoms with Gasteiger partial charge in [-0.2, -0.15) is 0 Å². The lowest BCUT2D eigenvalue weighted by atomic mass is 10.1. The number of nitrogens with one attached hydrogen (secondary N) is 1. The Morgan fingerprint density at radius 2 is 2.03 bits per heavy atom. The molecule has 6 nitrogen and oxygen atoms in total. The molecule has 2 aromatic carbocycles. The lowest BCUT2D eigenvalue weighted by Crippen LogP contribution is -2.35. The van der Waals surface area contributed by atoms with Crippen molar-refractivity contribution in [2.75, 3.05) is 0 Å². The second-order valence-electron chi connectivity index (χ2n) is 6.86. The molecule has 2 heterocycles. The van der Waals surface area contributed by atoms with Gasteiger partial charge in [-0.05, 0) is 37.6 Å². The van der Waals surface area contributed by atoms with Gasteiger partial charge in [0.05, 0.1) is 17.2 Å². The smallest absolute Gasteiger partial charge is 0.261 e. The summed E-state index contributed by atoms with van der Waals surface area (Å²) in [5.74, 6) is -0.236. The molecule has 4 rings (SSSR count). The van der Waals surface area contributed by atoms with Crippen molar-refractivity contribution in [3.8, 4) is 10.6 Å². The molecule has 0 unspecified atom stereocenters. The van der Waals surface area contributed by atoms with Crippen LogP contribution >= 0.6 is 11.3 Å². The second-order valence-corrected chi connectivity index (χ2v) is 7.72. The summed E-state index contributed by atoms with van der Waals surface area (Å²) in [4.78, 5) is 34.1. The molecule has 0 bridgehead atoms. The second kappa shape index (κ2) is 7.97. The number of para-hydroxylation sites is 1. The predicted octanol–water partition coefficient (Wildman–Crippen LogP) is 3.71. The van der Waals surface area contributed by atoms with Crippen LogP contribution in [-0.4, -0.2) is 20.4 Å². The Hall–Kier alpha value is -3.32. The van der Waals surface area contributed by atoms with Gasteiger partial charge >= 0.3 is 0 Å². The van der Waals surface area contributed by atoms with Gasteiger partial charge in [0.1, 0.15) is 11.0 Å². The number of rotatable bonds is 5. The highest BCUT2D eigenvalue weighted by atomic mass is 32.1. The average Bonchev–Trinajstić information content (AvgIpc) is 3.18. The first-order valence-electron chi connectivity index (χ1n) is 9.28. The monoisotopic (exact) mass is 404 g/mol. The van der Waals surface area contributed by atoms with Gasteiger partial charge in [0.25, 0.3) is 5.56 Å². The molecule has 1 N–H and O–H groups in total. The van der Waals surface area contributed by atoms with Crippen molar-refractivity contribution >= 4 is 28.1 Å². The standard InChI is InChI=1S/C22H20N4O2S/c1-14-12-29-21(25-14)17-7-5-6-16(10-17)11-23-20(27)15(2)26-13-24-19-9-4-3-8-18(19)22(26)28/h3-10,12-13,15H,11H2,1-2H3,(H,23,27)/t15-/m1/s1. The number of benzene rings is 2. The highest BCUT2D eigenvalue weighted by molar-refractivity contribution is 7.13. The fraction of sp³-hybridized carbons (Fsp3) is 0.182. The summed E-state index contributed by atoms with van der Waals surface area (Å²) in [6, 6.07) is 14.4. The molecular weight excluding hydrogens is 384 g/mol. The summed E-state index contributed by atoms with van der Waals surface area (Å²) in [6.45, 7) is 4.04. The first kappa shape index (κ1) is 19.0. The van der Waals surface area contributed by atoms with E-state index in [0.717, 1.165) is 21.8 Å². The van der Waals surface area contributed by atoms with E-state index in [1.54, 1.807) is 36.5 Å². The van der Waals surface area contributed by atoms with Gasteiger partial charge in [-0.3, -0.25) is 14.2 Å². The largest absolute Gasteiger partial charge is 0.350 e. The number of amides is 1. The Morgan fingerprint density at radius 1 is 1.21 bits per heavy atom. The van der Waals surface area contributed by atoms with E-state index < -0.39 is 6.04 Å². The number of aryl methyl sites for hydroxylation is 1. The number of thiazole rings is 1. The van der Waals surface area contributed by atoms with Gasteiger partial charge in [0, 0.05) is 23.2 Å². The third-order valence-electron chi connectivity index (χ3n) is 4.75. The molecule has 0 saturated heterocycles. The number of aromatic nitrogens is 3. The van der Waals surface area contributed by atoms with Crippen LogP contribution in [-0.2, 0) is 11.3 Å². The van der Waals surface area contributed by atoms with Crippen LogP contribution in [0, 0.1) is 6.92 Å². The number of carbonyl (C=O) groups excluding carboxylic acids is 1. The van der Waals surface area contributed by atoms with Crippen LogP contribution in [0.1, 0.15) is 24.2 Å². The minimum atomic E-state index is -0.663. The molecule has 1 atom stereocenters. The topological polar surface area (TPSA) is 76.9 Å². The van der Waals surface area contributed by atoms with Crippen LogP contribution in [0.15, 0.2) is 65.0 Å². The molecule has 29 heavy (non-hydrogen) atoms. The SMILES string of the molecule is Cc1csc(-c2cccc(CNC(=O)[C@@H](C)n3cnc4ccccc4c3=O)c2)n1. The summed E-state index contributed by atoms with van der Waals surface area (Å²) in [5, 5.41) is 6.38. The summed E-state index contributed by atoms with van der Waals surface area (Å²) < 4.78 is 1.37. The third-order valence-corrected chi connectivity index (χ3v) is 5.76. The fourth-order valence-corrected chi connectivity index (χ4v) is 3.92. The molecule has 4 aromatic rings. The Morgan fingerprint density at radius 3 is 2.83 bits per heavy atom. The van der Waals surface area contributed by atoms with E-state index >= 15 is 0 Å². The molecule has 0 aliphatic carbocycles. The van der Waals surface area contributed by atoms with Crippen LogP contribution < -0.4 is 10.9 Å². The summed E-state index contributed by atoms with van der Waals surface area (Å²) >= 11 is 1.60. The first-order valence-corrected chi connectivity index (χ1v) is 10.2. The van der Waals surface area contributed by atoms with Crippen molar-refractivity contribution in [3.05, 3.63) is 81.8 Å². The molecule has 0 aliphatic heterocycles. The van der Waals surface area contributed by atoms with E-state index in [4.69, 9.17) is 0 Å². The minimum absolute atomic E-state index is 0.223. The molecule has 2 aromatic heterocycles. The number of hydrogen-bond acceptors (Lipinski definition) is 5. The molecular formula is C22H20N4O2S. The van der Waals surface area contributed by atoms with Crippen molar-refractivity contribution in [1.29, 1.82) is 0 Å². The normalized spacial score (nSPS) is 12.1. The average molecular weight is 404 g/mol. The molecule has 0 spiro atoms. The quantitative estimate of drug-likeness (QED) is 0.550. The molecule has 7 heteroatoms. The molecule has 0 aliphatic rings. The molecule has 0 fully saturated rings. The van der Waals surface area contributed by atoms with Gasteiger partial charge < -0.3 is 5.32 Å². The Bertz CT molecular complexity index is 1240. The van der Waals surface area contributed by atoms with E-state index in [1.807, 2.05) is 42.6 Å². The van der Waals surface area contributed by atoms with E-state index in [2.05, 4.69) is 15.3 Å². The van der Waals surface area contributed by atoms with Crippen molar-refractivity contribution < 1.29 is 4.79 Å². The van der Waals surface area contributed by atoms with E-state index in [-0.39, 0.29) is 11.5 Å². The lowest BCUT2D eigenvalue weighted by molar-refractivity contribution is -0.124. The van der Waals surface area contributed by atoms with Gasteiger partial charge in [0.2, 0.25) is 5.91 Å². The van der Waals surface area contributed by atoms with Crippen molar-refractivity contribution in [3.63, 3.8) is 0 Å². The maximum absolute atomic E-state index is 12.7. The lowest BCUT2D eigenvalue weighted by Gasteiger charge is -2.15.